The van der Waals surface area contributed by atoms with Crippen LogP contribution in [-0.4, -0.2) is 44.2 Å². The third-order valence-electron chi connectivity index (χ3n) is 5.70. The number of amides is 2. The van der Waals surface area contributed by atoms with E-state index in [1.165, 1.54) is 0 Å². The molecular weight excluding hydrogens is 464 g/mol. The Labute approximate surface area is 206 Å². The Morgan fingerprint density at radius 1 is 1.11 bits per heavy atom. The summed E-state index contributed by atoms with van der Waals surface area (Å²) in [5, 5.41) is 9.15. The van der Waals surface area contributed by atoms with E-state index < -0.39 is 11.7 Å². The molecule has 9 heteroatoms. The van der Waals surface area contributed by atoms with Crippen molar-refractivity contribution in [3.63, 3.8) is 0 Å². The summed E-state index contributed by atoms with van der Waals surface area (Å²) in [7, 11) is 0. The van der Waals surface area contributed by atoms with E-state index in [0.29, 0.717) is 37.6 Å². The highest BCUT2D eigenvalue weighted by Crippen LogP contribution is 2.29. The summed E-state index contributed by atoms with van der Waals surface area (Å²) < 4.78 is 12.2. The SMILES string of the molecule is CC(C)(C)OC(=O)N1CCC(Cc2nnc(Cc3nc4ccc(-c5ccccc5)cc4s3)o2)C1=O. The maximum Gasteiger partial charge on any atom is 0.417 e. The average Bonchev–Trinajstić information content (AvgIpc) is 3.52. The minimum Gasteiger partial charge on any atom is -0.443 e. The normalized spacial score (nSPS) is 16.3. The zero-order valence-electron chi connectivity index (χ0n) is 19.9. The molecule has 8 nitrogen and oxygen atoms in total. The molecule has 1 saturated heterocycles. The largest absolute Gasteiger partial charge is 0.443 e. The molecule has 0 saturated carbocycles. The Balaban J connectivity index is 1.23. The average molecular weight is 491 g/mol. The molecule has 1 atom stereocenters. The van der Waals surface area contributed by atoms with Gasteiger partial charge in [0.1, 0.15) is 10.6 Å². The number of rotatable bonds is 5. The van der Waals surface area contributed by atoms with Crippen molar-refractivity contribution in [2.24, 2.45) is 5.92 Å². The Hall–Kier alpha value is -3.59. The fraction of sp³-hybridized carbons (Fsp3) is 0.346. The number of likely N-dealkylation sites (tertiary alicyclic amines) is 1. The van der Waals surface area contributed by atoms with Crippen molar-refractivity contribution in [3.05, 3.63) is 65.3 Å². The number of carbonyl (C=O) groups excluding carboxylic acids is 2. The Morgan fingerprint density at radius 2 is 1.89 bits per heavy atom. The molecule has 0 bridgehead atoms. The van der Waals surface area contributed by atoms with Gasteiger partial charge in [-0.3, -0.25) is 4.79 Å². The van der Waals surface area contributed by atoms with Gasteiger partial charge in [-0.1, -0.05) is 36.4 Å². The summed E-state index contributed by atoms with van der Waals surface area (Å²) in [5.41, 5.74) is 2.59. The van der Waals surface area contributed by atoms with Crippen LogP contribution in [0.15, 0.2) is 52.9 Å². The van der Waals surface area contributed by atoms with Crippen LogP contribution in [0.4, 0.5) is 4.79 Å². The van der Waals surface area contributed by atoms with Gasteiger partial charge in [-0.2, -0.15) is 0 Å². The lowest BCUT2D eigenvalue weighted by atomic mass is 10.0. The smallest absolute Gasteiger partial charge is 0.417 e. The van der Waals surface area contributed by atoms with Crippen LogP contribution in [-0.2, 0) is 22.4 Å². The highest BCUT2D eigenvalue weighted by atomic mass is 32.1. The van der Waals surface area contributed by atoms with Crippen LogP contribution in [0.1, 0.15) is 44.0 Å². The second kappa shape index (κ2) is 9.22. The monoisotopic (exact) mass is 490 g/mol. The zero-order chi connectivity index (χ0) is 24.6. The standard InChI is InChI=1S/C26H26N4O4S/c1-26(2,3)34-25(32)30-12-11-18(24(30)31)14-21-28-29-22(33-21)15-23-27-19-10-9-17(13-20(19)35-23)16-7-5-4-6-8-16/h4-10,13,18H,11-12,14-15H2,1-3H3. The number of hydrogen-bond acceptors (Lipinski definition) is 8. The molecule has 2 amide bonds. The molecular formula is C26H26N4O4S. The summed E-state index contributed by atoms with van der Waals surface area (Å²) in [6, 6.07) is 16.5. The topological polar surface area (TPSA) is 98.4 Å². The Morgan fingerprint density at radius 3 is 2.66 bits per heavy atom. The lowest BCUT2D eigenvalue weighted by Gasteiger charge is -2.23. The van der Waals surface area contributed by atoms with Crippen molar-refractivity contribution < 1.29 is 18.7 Å². The van der Waals surface area contributed by atoms with Crippen molar-refractivity contribution >= 4 is 33.6 Å². The van der Waals surface area contributed by atoms with Crippen LogP contribution >= 0.6 is 11.3 Å². The summed E-state index contributed by atoms with van der Waals surface area (Å²) in [6.45, 7) is 5.65. The van der Waals surface area contributed by atoms with Crippen molar-refractivity contribution in [1.29, 1.82) is 0 Å². The first-order valence-corrected chi connectivity index (χ1v) is 12.4. The molecule has 2 aromatic heterocycles. The molecule has 2 aromatic carbocycles. The van der Waals surface area contributed by atoms with Gasteiger partial charge in [0.15, 0.2) is 0 Å². The number of nitrogens with zero attached hydrogens (tertiary/aromatic N) is 4. The summed E-state index contributed by atoms with van der Waals surface area (Å²) in [4.78, 5) is 30.8. The molecule has 3 heterocycles. The van der Waals surface area contributed by atoms with Gasteiger partial charge in [-0.25, -0.2) is 14.7 Å². The lowest BCUT2D eigenvalue weighted by molar-refractivity contribution is -0.130. The van der Waals surface area contributed by atoms with Gasteiger partial charge in [-0.05, 0) is 50.5 Å². The van der Waals surface area contributed by atoms with Crippen molar-refractivity contribution in [2.75, 3.05) is 6.54 Å². The number of imide groups is 1. The van der Waals surface area contributed by atoms with Crippen LogP contribution in [0.5, 0.6) is 0 Å². The first-order chi connectivity index (χ1) is 16.7. The Bertz CT molecular complexity index is 1370. The van der Waals surface area contributed by atoms with Crippen LogP contribution in [0.3, 0.4) is 0 Å². The molecule has 0 radical (unpaired) electrons. The lowest BCUT2D eigenvalue weighted by Crippen LogP contribution is -2.38. The van der Waals surface area contributed by atoms with Crippen LogP contribution in [0, 0.1) is 5.92 Å². The molecule has 4 aromatic rings. The second-order valence-corrected chi connectivity index (χ2v) is 10.7. The van der Waals surface area contributed by atoms with Crippen LogP contribution in [0.25, 0.3) is 21.3 Å². The van der Waals surface area contributed by atoms with Gasteiger partial charge in [0.05, 0.1) is 16.6 Å². The predicted molar refractivity (Wildman–Crippen MR) is 132 cm³/mol. The molecule has 35 heavy (non-hydrogen) atoms. The van der Waals surface area contributed by atoms with Gasteiger partial charge in [0.25, 0.3) is 0 Å². The van der Waals surface area contributed by atoms with E-state index >= 15 is 0 Å². The maximum absolute atomic E-state index is 12.7. The predicted octanol–water partition coefficient (Wildman–Crippen LogP) is 5.26. The van der Waals surface area contributed by atoms with E-state index in [1.807, 2.05) is 24.3 Å². The van der Waals surface area contributed by atoms with Gasteiger partial charge in [0, 0.05) is 18.9 Å². The molecule has 1 unspecified atom stereocenters. The van der Waals surface area contributed by atoms with E-state index in [-0.39, 0.29) is 11.8 Å². The molecule has 0 N–H and O–H groups in total. The van der Waals surface area contributed by atoms with Crippen molar-refractivity contribution in [1.82, 2.24) is 20.1 Å². The minimum atomic E-state index is -0.652. The number of carbonyl (C=O) groups is 2. The number of hydrogen-bond donors (Lipinski definition) is 0. The molecule has 0 spiro atoms. The summed E-state index contributed by atoms with van der Waals surface area (Å²) in [6.07, 6.45) is 0.654. The third kappa shape index (κ3) is 5.24. The number of aromatic nitrogens is 3. The van der Waals surface area contributed by atoms with Crippen LogP contribution in [0.2, 0.25) is 0 Å². The number of ether oxygens (including phenoxy) is 1. The first-order valence-electron chi connectivity index (χ1n) is 11.6. The van der Waals surface area contributed by atoms with E-state index in [0.717, 1.165) is 31.3 Å². The molecule has 1 fully saturated rings. The second-order valence-electron chi connectivity index (χ2n) is 9.58. The third-order valence-corrected chi connectivity index (χ3v) is 6.72. The molecule has 1 aliphatic heterocycles. The van der Waals surface area contributed by atoms with E-state index in [9.17, 15) is 9.59 Å². The quantitative estimate of drug-likeness (QED) is 0.376. The minimum absolute atomic E-state index is 0.264. The molecule has 180 valence electrons. The summed E-state index contributed by atoms with van der Waals surface area (Å²) >= 11 is 1.60. The first kappa shape index (κ1) is 23.2. The van der Waals surface area contributed by atoms with E-state index in [1.54, 1.807) is 32.1 Å². The molecule has 1 aliphatic rings. The van der Waals surface area contributed by atoms with Crippen molar-refractivity contribution in [2.45, 2.75) is 45.6 Å². The Kier molecular flexibility index (Phi) is 6.10. The number of fused-ring (bicyclic) bond motifs is 1. The number of thiazole rings is 1. The van der Waals surface area contributed by atoms with Crippen molar-refractivity contribution in [3.8, 4) is 11.1 Å². The van der Waals surface area contributed by atoms with Gasteiger partial charge in [-0.15, -0.1) is 21.5 Å². The summed E-state index contributed by atoms with van der Waals surface area (Å²) in [5.74, 6) is 0.197. The van der Waals surface area contributed by atoms with E-state index in [2.05, 4.69) is 34.5 Å². The fourth-order valence-electron chi connectivity index (χ4n) is 4.07. The highest BCUT2D eigenvalue weighted by molar-refractivity contribution is 7.18. The highest BCUT2D eigenvalue weighted by Gasteiger charge is 2.38. The molecule has 5 rings (SSSR count). The molecule has 0 aliphatic carbocycles. The van der Waals surface area contributed by atoms with Gasteiger partial charge in [0.2, 0.25) is 17.7 Å². The maximum atomic E-state index is 12.7. The van der Waals surface area contributed by atoms with Gasteiger partial charge < -0.3 is 9.15 Å². The van der Waals surface area contributed by atoms with E-state index in [4.69, 9.17) is 14.1 Å². The van der Waals surface area contributed by atoms with Gasteiger partial charge >= 0.3 is 6.09 Å². The number of benzene rings is 2. The fourth-order valence-corrected chi connectivity index (χ4v) is 5.06. The van der Waals surface area contributed by atoms with Crippen LogP contribution < -0.4 is 0 Å². The zero-order valence-corrected chi connectivity index (χ0v) is 20.7.